The number of nitrogens with two attached hydrogens (primary N) is 1. The molecule has 7 heteroatoms. The molecule has 1 fully saturated rings. The highest BCUT2D eigenvalue weighted by atomic mass is 35.5. The van der Waals surface area contributed by atoms with Crippen molar-refractivity contribution in [3.05, 3.63) is 29.3 Å². The number of nitrogens with zero attached hydrogens (tertiary/aromatic N) is 4. The van der Waals surface area contributed by atoms with E-state index in [-0.39, 0.29) is 0 Å². The van der Waals surface area contributed by atoms with Crippen LogP contribution in [-0.4, -0.2) is 36.4 Å². The number of nitrogen functional groups attached to an aromatic ring is 1. The predicted octanol–water partition coefficient (Wildman–Crippen LogP) is 2.10. The molecule has 100 valence electrons. The van der Waals surface area contributed by atoms with Crippen molar-refractivity contribution in [3.8, 4) is 0 Å². The van der Waals surface area contributed by atoms with Gasteiger partial charge < -0.3 is 15.5 Å². The highest BCUT2D eigenvalue weighted by Gasteiger charge is 2.20. The molecule has 5 nitrogen and oxygen atoms in total. The summed E-state index contributed by atoms with van der Waals surface area (Å²) in [7, 11) is 0. The maximum atomic E-state index is 6.02. The summed E-state index contributed by atoms with van der Waals surface area (Å²) in [6, 6.07) is 7.96. The van der Waals surface area contributed by atoms with E-state index in [9.17, 15) is 0 Å². The van der Waals surface area contributed by atoms with Crippen molar-refractivity contribution >= 4 is 38.9 Å². The van der Waals surface area contributed by atoms with Gasteiger partial charge in [-0.2, -0.15) is 0 Å². The molecule has 1 aliphatic rings. The van der Waals surface area contributed by atoms with Gasteiger partial charge in [0.25, 0.3) is 0 Å². The van der Waals surface area contributed by atoms with Crippen LogP contribution in [0.3, 0.4) is 0 Å². The molecule has 1 aromatic carbocycles. The van der Waals surface area contributed by atoms with Crippen molar-refractivity contribution in [3.63, 3.8) is 0 Å². The van der Waals surface area contributed by atoms with E-state index in [1.54, 1.807) is 0 Å². The van der Waals surface area contributed by atoms with Gasteiger partial charge in [-0.15, -0.1) is 10.2 Å². The van der Waals surface area contributed by atoms with Crippen molar-refractivity contribution < 1.29 is 0 Å². The number of anilines is 3. The summed E-state index contributed by atoms with van der Waals surface area (Å²) in [6.45, 7) is 3.72. The van der Waals surface area contributed by atoms with E-state index < -0.39 is 0 Å². The van der Waals surface area contributed by atoms with Gasteiger partial charge in [0.2, 0.25) is 10.3 Å². The summed E-state index contributed by atoms with van der Waals surface area (Å²) in [4.78, 5) is 4.54. The van der Waals surface area contributed by atoms with E-state index in [1.807, 2.05) is 18.2 Å². The Hall–Kier alpha value is -1.53. The molecule has 0 saturated carbocycles. The number of hydrogen-bond donors (Lipinski definition) is 1. The number of aromatic nitrogens is 2. The average Bonchev–Trinajstić information content (AvgIpc) is 2.86. The van der Waals surface area contributed by atoms with Gasteiger partial charge in [-0.25, -0.2) is 0 Å². The van der Waals surface area contributed by atoms with Crippen LogP contribution in [0.15, 0.2) is 24.3 Å². The minimum atomic E-state index is 0.521. The van der Waals surface area contributed by atoms with Crippen LogP contribution in [0, 0.1) is 0 Å². The number of hydrogen-bond acceptors (Lipinski definition) is 6. The fourth-order valence-electron chi connectivity index (χ4n) is 2.18. The van der Waals surface area contributed by atoms with E-state index >= 15 is 0 Å². The molecule has 0 bridgehead atoms. The van der Waals surface area contributed by atoms with Gasteiger partial charge in [-0.05, 0) is 18.2 Å². The van der Waals surface area contributed by atoms with E-state index in [0.717, 1.165) is 36.3 Å². The molecule has 0 unspecified atom stereocenters. The number of benzene rings is 1. The second-order valence-corrected chi connectivity index (χ2v) is 5.80. The monoisotopic (exact) mass is 295 g/mol. The van der Waals surface area contributed by atoms with Crippen molar-refractivity contribution in [2.45, 2.75) is 0 Å². The van der Waals surface area contributed by atoms with Crippen LogP contribution in [0.4, 0.5) is 16.0 Å². The lowest BCUT2D eigenvalue weighted by Gasteiger charge is -2.35. The summed E-state index contributed by atoms with van der Waals surface area (Å²) in [6.07, 6.45) is 0. The molecule has 1 saturated heterocycles. The van der Waals surface area contributed by atoms with Crippen molar-refractivity contribution in [1.82, 2.24) is 10.2 Å². The van der Waals surface area contributed by atoms with E-state index in [0.29, 0.717) is 5.13 Å². The first kappa shape index (κ1) is 12.5. The lowest BCUT2D eigenvalue weighted by atomic mass is 10.2. The van der Waals surface area contributed by atoms with Gasteiger partial charge >= 0.3 is 0 Å². The Morgan fingerprint density at radius 3 is 2.47 bits per heavy atom. The maximum Gasteiger partial charge on any atom is 0.210 e. The summed E-state index contributed by atoms with van der Waals surface area (Å²) in [5.41, 5.74) is 6.78. The van der Waals surface area contributed by atoms with Crippen LogP contribution in [0.25, 0.3) is 0 Å². The number of piperazine rings is 1. The minimum Gasteiger partial charge on any atom is -0.374 e. The molecule has 3 rings (SSSR count). The predicted molar refractivity (Wildman–Crippen MR) is 80.2 cm³/mol. The minimum absolute atomic E-state index is 0.521. The molecule has 0 amide bonds. The van der Waals surface area contributed by atoms with Crippen LogP contribution >= 0.6 is 22.9 Å². The van der Waals surface area contributed by atoms with E-state index in [1.165, 1.54) is 17.0 Å². The summed E-state index contributed by atoms with van der Waals surface area (Å²) < 4.78 is 0. The first-order chi connectivity index (χ1) is 9.22. The smallest absolute Gasteiger partial charge is 0.210 e. The largest absolute Gasteiger partial charge is 0.374 e. The van der Waals surface area contributed by atoms with Crippen LogP contribution in [0.5, 0.6) is 0 Å². The Morgan fingerprint density at radius 1 is 1.11 bits per heavy atom. The van der Waals surface area contributed by atoms with Crippen LogP contribution in [-0.2, 0) is 0 Å². The zero-order valence-corrected chi connectivity index (χ0v) is 11.9. The summed E-state index contributed by atoms with van der Waals surface area (Å²) in [5, 5.41) is 10.1. The number of rotatable bonds is 2. The third kappa shape index (κ3) is 2.74. The van der Waals surface area contributed by atoms with E-state index in [4.69, 9.17) is 17.3 Å². The lowest BCUT2D eigenvalue weighted by Crippen LogP contribution is -2.46. The molecule has 2 aromatic rings. The Bertz CT molecular complexity index is 565. The molecule has 1 aromatic heterocycles. The molecule has 0 atom stereocenters. The average molecular weight is 296 g/mol. The summed E-state index contributed by atoms with van der Waals surface area (Å²) in [5.74, 6) is 0. The van der Waals surface area contributed by atoms with Crippen LogP contribution in [0.2, 0.25) is 5.02 Å². The second kappa shape index (κ2) is 5.22. The highest BCUT2D eigenvalue weighted by Crippen LogP contribution is 2.25. The van der Waals surface area contributed by atoms with Gasteiger partial charge in [0, 0.05) is 36.9 Å². The Morgan fingerprint density at radius 2 is 1.84 bits per heavy atom. The maximum absolute atomic E-state index is 6.02. The zero-order valence-electron chi connectivity index (χ0n) is 10.3. The van der Waals surface area contributed by atoms with Gasteiger partial charge in [0.15, 0.2) is 0 Å². The first-order valence-electron chi connectivity index (χ1n) is 6.07. The second-order valence-electron chi connectivity index (χ2n) is 4.38. The van der Waals surface area contributed by atoms with Crippen molar-refractivity contribution in [2.75, 3.05) is 41.7 Å². The van der Waals surface area contributed by atoms with E-state index in [2.05, 4.69) is 26.1 Å². The quantitative estimate of drug-likeness (QED) is 0.919. The Labute approximate surface area is 120 Å². The van der Waals surface area contributed by atoms with Crippen molar-refractivity contribution in [2.24, 2.45) is 0 Å². The summed E-state index contributed by atoms with van der Waals surface area (Å²) >= 11 is 7.46. The molecule has 2 heterocycles. The SMILES string of the molecule is Nc1nnc(N2CCN(c3cccc(Cl)c3)CC2)s1. The standard InChI is InChI=1S/C12H14ClN5S/c13-9-2-1-3-10(8-9)17-4-6-18(7-5-17)12-16-15-11(14)19-12/h1-3,8H,4-7H2,(H2,14,15). The molecular weight excluding hydrogens is 282 g/mol. The Kier molecular flexibility index (Phi) is 3.44. The third-order valence-electron chi connectivity index (χ3n) is 3.15. The molecule has 1 aliphatic heterocycles. The van der Waals surface area contributed by atoms with Crippen LogP contribution < -0.4 is 15.5 Å². The van der Waals surface area contributed by atoms with Gasteiger partial charge in [0.1, 0.15) is 0 Å². The normalized spacial score (nSPS) is 15.8. The fraction of sp³-hybridized carbons (Fsp3) is 0.333. The first-order valence-corrected chi connectivity index (χ1v) is 7.26. The van der Waals surface area contributed by atoms with Crippen molar-refractivity contribution in [1.29, 1.82) is 0 Å². The highest BCUT2D eigenvalue weighted by molar-refractivity contribution is 7.18. The topological polar surface area (TPSA) is 58.3 Å². The Balaban J connectivity index is 1.66. The molecule has 2 N–H and O–H groups in total. The van der Waals surface area contributed by atoms with Gasteiger partial charge in [-0.3, -0.25) is 0 Å². The van der Waals surface area contributed by atoms with Gasteiger partial charge in [-0.1, -0.05) is 29.0 Å². The molecule has 19 heavy (non-hydrogen) atoms. The molecule has 0 radical (unpaired) electrons. The number of halogens is 1. The fourth-order valence-corrected chi connectivity index (χ4v) is 3.03. The lowest BCUT2D eigenvalue weighted by molar-refractivity contribution is 0.650. The van der Waals surface area contributed by atoms with Crippen LogP contribution in [0.1, 0.15) is 0 Å². The molecular formula is C12H14ClN5S. The molecule has 0 spiro atoms. The molecule has 0 aliphatic carbocycles. The third-order valence-corrected chi connectivity index (χ3v) is 4.20. The van der Waals surface area contributed by atoms with Gasteiger partial charge in [0.05, 0.1) is 0 Å². The zero-order chi connectivity index (χ0) is 13.2.